The molecular weight excluding hydrogens is 447 g/mol. The van der Waals surface area contributed by atoms with Crippen LogP contribution in [0.1, 0.15) is 21.1 Å². The Morgan fingerprint density at radius 3 is 2.48 bits per heavy atom. The van der Waals surface area contributed by atoms with E-state index in [2.05, 4.69) is 15.6 Å². The van der Waals surface area contributed by atoms with E-state index in [9.17, 15) is 14.0 Å². The number of nitrogens with zero attached hydrogens (tertiary/aromatic N) is 2. The lowest BCUT2D eigenvalue weighted by molar-refractivity contribution is 0.0946. The Labute approximate surface area is 195 Å². The number of methoxy groups -OCH3 is 2. The highest BCUT2D eigenvalue weighted by atomic mass is 32.1. The summed E-state index contributed by atoms with van der Waals surface area (Å²) in [7, 11) is 3.14. The van der Waals surface area contributed by atoms with Crippen LogP contribution in [0.4, 0.5) is 14.9 Å². The van der Waals surface area contributed by atoms with Crippen molar-refractivity contribution in [2.24, 2.45) is 0 Å². The second-order valence-electron chi connectivity index (χ2n) is 7.01. The van der Waals surface area contributed by atoms with Crippen molar-refractivity contribution in [2.75, 3.05) is 32.7 Å². The molecule has 2 N–H and O–H groups in total. The Bertz CT molecular complexity index is 1060. The normalized spacial score (nSPS) is 10.5. The molecule has 0 aliphatic rings. The first-order valence-corrected chi connectivity index (χ1v) is 11.0. The maximum absolute atomic E-state index is 13.0. The Morgan fingerprint density at radius 1 is 1.09 bits per heavy atom. The van der Waals surface area contributed by atoms with Crippen molar-refractivity contribution in [1.29, 1.82) is 0 Å². The average Bonchev–Trinajstić information content (AvgIpc) is 3.30. The van der Waals surface area contributed by atoms with Gasteiger partial charge in [0.05, 0.1) is 20.3 Å². The molecule has 3 aromatic rings. The SMILES string of the molecule is COCCN(Cc1nc(C(=O)NCc2ccc(F)cc2)cs1)C(=O)Nc1ccc(OC)cc1. The van der Waals surface area contributed by atoms with Crippen molar-refractivity contribution in [3.05, 3.63) is 76.0 Å². The van der Waals surface area contributed by atoms with Crippen LogP contribution in [0.5, 0.6) is 5.75 Å². The molecule has 33 heavy (non-hydrogen) atoms. The van der Waals surface area contributed by atoms with E-state index in [1.54, 1.807) is 60.9 Å². The van der Waals surface area contributed by atoms with Gasteiger partial charge >= 0.3 is 6.03 Å². The molecule has 0 atom stereocenters. The second-order valence-corrected chi connectivity index (χ2v) is 7.95. The van der Waals surface area contributed by atoms with Gasteiger partial charge in [0.1, 0.15) is 22.3 Å². The maximum Gasteiger partial charge on any atom is 0.322 e. The lowest BCUT2D eigenvalue weighted by Gasteiger charge is -2.22. The van der Waals surface area contributed by atoms with Crippen LogP contribution >= 0.6 is 11.3 Å². The molecule has 0 bridgehead atoms. The minimum Gasteiger partial charge on any atom is -0.497 e. The van der Waals surface area contributed by atoms with Gasteiger partial charge in [0.25, 0.3) is 5.91 Å². The second kappa shape index (κ2) is 11.9. The number of ether oxygens (including phenoxy) is 2. The molecule has 0 fully saturated rings. The molecule has 0 unspecified atom stereocenters. The van der Waals surface area contributed by atoms with Crippen LogP contribution in [-0.4, -0.2) is 49.2 Å². The van der Waals surface area contributed by atoms with E-state index in [1.807, 2.05) is 0 Å². The van der Waals surface area contributed by atoms with E-state index in [0.717, 1.165) is 5.56 Å². The van der Waals surface area contributed by atoms with Gasteiger partial charge in [0.2, 0.25) is 0 Å². The third kappa shape index (κ3) is 7.26. The van der Waals surface area contributed by atoms with Crippen molar-refractivity contribution in [3.8, 4) is 5.75 Å². The van der Waals surface area contributed by atoms with E-state index >= 15 is 0 Å². The van der Waals surface area contributed by atoms with Gasteiger partial charge in [-0.25, -0.2) is 14.2 Å². The third-order valence-corrected chi connectivity index (χ3v) is 5.50. The number of benzene rings is 2. The maximum atomic E-state index is 13.0. The van der Waals surface area contributed by atoms with Crippen LogP contribution in [0, 0.1) is 5.82 Å². The summed E-state index contributed by atoms with van der Waals surface area (Å²) in [6, 6.07) is 12.6. The quantitative estimate of drug-likeness (QED) is 0.467. The molecule has 10 heteroatoms. The summed E-state index contributed by atoms with van der Waals surface area (Å²) < 4.78 is 23.3. The van der Waals surface area contributed by atoms with E-state index in [-0.39, 0.29) is 36.5 Å². The van der Waals surface area contributed by atoms with E-state index in [0.29, 0.717) is 29.6 Å². The van der Waals surface area contributed by atoms with Crippen molar-refractivity contribution < 1.29 is 23.5 Å². The number of rotatable bonds is 10. The zero-order chi connectivity index (χ0) is 23.6. The number of aromatic nitrogens is 1. The molecule has 2 aromatic carbocycles. The van der Waals surface area contributed by atoms with Gasteiger partial charge in [-0.15, -0.1) is 11.3 Å². The zero-order valence-corrected chi connectivity index (χ0v) is 19.2. The molecule has 3 amide bonds. The molecule has 0 radical (unpaired) electrons. The number of hydrogen-bond acceptors (Lipinski definition) is 6. The number of carbonyl (C=O) groups excluding carboxylic acids is 2. The number of urea groups is 1. The van der Waals surface area contributed by atoms with E-state index < -0.39 is 0 Å². The molecular formula is C23H25FN4O4S. The summed E-state index contributed by atoms with van der Waals surface area (Å²) in [4.78, 5) is 31.1. The summed E-state index contributed by atoms with van der Waals surface area (Å²) in [5.74, 6) is 0.0217. The van der Waals surface area contributed by atoms with Gasteiger partial charge in [-0.3, -0.25) is 4.79 Å². The Hall–Kier alpha value is -3.50. The van der Waals surface area contributed by atoms with Crippen LogP contribution in [0.25, 0.3) is 0 Å². The molecule has 1 aromatic heterocycles. The van der Waals surface area contributed by atoms with Gasteiger partial charge in [-0.1, -0.05) is 12.1 Å². The van der Waals surface area contributed by atoms with Gasteiger partial charge in [0, 0.05) is 31.3 Å². The average molecular weight is 473 g/mol. The molecule has 0 saturated carbocycles. The molecule has 0 saturated heterocycles. The highest BCUT2D eigenvalue weighted by molar-refractivity contribution is 7.09. The molecule has 0 spiro atoms. The van der Waals surface area contributed by atoms with Crippen molar-refractivity contribution in [1.82, 2.24) is 15.2 Å². The number of halogens is 1. The number of anilines is 1. The molecule has 3 rings (SSSR count). The summed E-state index contributed by atoms with van der Waals surface area (Å²) in [6.45, 7) is 1.19. The third-order valence-electron chi connectivity index (χ3n) is 4.67. The van der Waals surface area contributed by atoms with E-state index in [4.69, 9.17) is 9.47 Å². The Morgan fingerprint density at radius 2 is 1.82 bits per heavy atom. The fraction of sp³-hybridized carbons (Fsp3) is 0.261. The summed E-state index contributed by atoms with van der Waals surface area (Å²) >= 11 is 1.29. The first kappa shape index (κ1) is 24.1. The highest BCUT2D eigenvalue weighted by Gasteiger charge is 2.18. The summed E-state index contributed by atoms with van der Waals surface area (Å²) in [5, 5.41) is 7.86. The number of thiazole rings is 1. The van der Waals surface area contributed by atoms with Crippen molar-refractivity contribution in [2.45, 2.75) is 13.1 Å². The standard InChI is InChI=1S/C23H25FN4O4S/c1-31-12-11-28(23(30)26-18-7-9-19(32-2)10-8-18)14-21-27-20(15-33-21)22(29)25-13-16-3-5-17(24)6-4-16/h3-10,15H,11-14H2,1-2H3,(H,25,29)(H,26,30). The van der Waals surface area contributed by atoms with Gasteiger partial charge in [0.15, 0.2) is 0 Å². The van der Waals surface area contributed by atoms with Crippen LogP contribution in [0.15, 0.2) is 53.9 Å². The smallest absolute Gasteiger partial charge is 0.322 e. The lowest BCUT2D eigenvalue weighted by Crippen LogP contribution is -2.36. The number of amides is 3. The molecule has 8 nitrogen and oxygen atoms in total. The predicted molar refractivity (Wildman–Crippen MR) is 124 cm³/mol. The van der Waals surface area contributed by atoms with Gasteiger partial charge < -0.3 is 25.0 Å². The predicted octanol–water partition coefficient (Wildman–Crippen LogP) is 3.90. The topological polar surface area (TPSA) is 92.8 Å². The minimum atomic E-state index is -0.340. The van der Waals surface area contributed by atoms with Gasteiger partial charge in [-0.2, -0.15) is 0 Å². The van der Waals surface area contributed by atoms with Gasteiger partial charge in [-0.05, 0) is 42.0 Å². The molecule has 0 aliphatic carbocycles. The number of hydrogen-bond donors (Lipinski definition) is 2. The fourth-order valence-corrected chi connectivity index (χ4v) is 3.65. The Kier molecular flexibility index (Phi) is 8.73. The Balaban J connectivity index is 1.59. The fourth-order valence-electron chi connectivity index (χ4n) is 2.86. The van der Waals surface area contributed by atoms with Crippen molar-refractivity contribution >= 4 is 29.0 Å². The van der Waals surface area contributed by atoms with Crippen molar-refractivity contribution in [3.63, 3.8) is 0 Å². The number of nitrogens with one attached hydrogen (secondary N) is 2. The van der Waals surface area contributed by atoms with E-state index in [1.165, 1.54) is 23.5 Å². The summed E-state index contributed by atoms with van der Waals surface area (Å²) in [5.41, 5.74) is 1.67. The lowest BCUT2D eigenvalue weighted by atomic mass is 10.2. The van der Waals surface area contributed by atoms with Crippen LogP contribution in [-0.2, 0) is 17.8 Å². The monoisotopic (exact) mass is 472 g/mol. The zero-order valence-electron chi connectivity index (χ0n) is 18.3. The van der Waals surface area contributed by atoms with Crippen LogP contribution < -0.4 is 15.4 Å². The van der Waals surface area contributed by atoms with Crippen LogP contribution in [0.3, 0.4) is 0 Å². The molecule has 1 heterocycles. The largest absolute Gasteiger partial charge is 0.497 e. The highest BCUT2D eigenvalue weighted by Crippen LogP contribution is 2.17. The summed E-state index contributed by atoms with van der Waals surface area (Å²) in [6.07, 6.45) is 0. The number of carbonyl (C=O) groups is 2. The van der Waals surface area contributed by atoms with Crippen LogP contribution in [0.2, 0.25) is 0 Å². The molecule has 174 valence electrons. The molecule has 0 aliphatic heterocycles. The minimum absolute atomic E-state index is 0.223. The first-order valence-electron chi connectivity index (χ1n) is 10.1. The first-order chi connectivity index (χ1) is 16.0.